The molecular weight excluding hydrogens is 296 g/mol. The van der Waals surface area contributed by atoms with Gasteiger partial charge in [0.15, 0.2) is 0 Å². The van der Waals surface area contributed by atoms with E-state index in [1.165, 1.54) is 11.4 Å². The average Bonchev–Trinajstić information content (AvgIpc) is 3.09. The van der Waals surface area contributed by atoms with Gasteiger partial charge in [0.2, 0.25) is 0 Å². The molecule has 0 aliphatic carbocycles. The topological polar surface area (TPSA) is 57.4 Å². The fraction of sp³-hybridized carbons (Fsp3) is 0.700. The first-order chi connectivity index (χ1) is 10.2. The van der Waals surface area contributed by atoms with Crippen LogP contribution in [-0.4, -0.2) is 19.9 Å². The van der Waals surface area contributed by atoms with Crippen molar-refractivity contribution in [3.05, 3.63) is 35.4 Å². The first-order valence-electron chi connectivity index (χ1n) is 8.31. The highest BCUT2D eigenvalue weighted by molar-refractivity contribution is 5.08. The van der Waals surface area contributed by atoms with E-state index in [9.17, 15) is 0 Å². The van der Waals surface area contributed by atoms with Gasteiger partial charge in [-0.2, -0.15) is 0 Å². The van der Waals surface area contributed by atoms with Crippen LogP contribution in [0.15, 0.2) is 12.4 Å². The predicted octanol–water partition coefficient (Wildman–Crippen LogP) is 6.59. The maximum Gasteiger partial charge on any atom is 0.108 e. The Morgan fingerprint density at radius 2 is 0.875 bits per heavy atom. The zero-order chi connectivity index (χ0) is 16.9. The van der Waals surface area contributed by atoms with E-state index in [-0.39, 0.29) is 14.9 Å². The van der Waals surface area contributed by atoms with Gasteiger partial charge in [0.05, 0.1) is 0 Å². The third-order valence-electron chi connectivity index (χ3n) is 3.57. The van der Waals surface area contributed by atoms with E-state index in [1.54, 1.807) is 0 Å². The Balaban J connectivity index is 0. The molecule has 0 fully saturated rings. The summed E-state index contributed by atoms with van der Waals surface area (Å²) in [6.45, 7) is 17.2. The Bertz CT molecular complexity index is 452. The van der Waals surface area contributed by atoms with Crippen LogP contribution in [0.5, 0.6) is 0 Å². The second-order valence-corrected chi connectivity index (χ2v) is 7.07. The lowest BCUT2D eigenvalue weighted by Gasteiger charge is -2.00. The molecule has 0 saturated heterocycles. The van der Waals surface area contributed by atoms with E-state index >= 15 is 0 Å². The molecule has 0 atom stereocenters. The molecule has 2 rings (SSSR count). The van der Waals surface area contributed by atoms with Gasteiger partial charge >= 0.3 is 0 Å². The zero-order valence-corrected chi connectivity index (χ0v) is 15.4. The van der Waals surface area contributed by atoms with Crippen LogP contribution < -0.4 is 0 Å². The fourth-order valence-corrected chi connectivity index (χ4v) is 1.88. The molecule has 140 valence electrons. The first kappa shape index (κ1) is 24.7. The molecule has 0 radical (unpaired) electrons. The number of H-pyrrole nitrogens is 2. The second kappa shape index (κ2) is 11.1. The Labute approximate surface area is 149 Å². The lowest BCUT2D eigenvalue weighted by Crippen LogP contribution is -1.91. The highest BCUT2D eigenvalue weighted by Gasteiger charge is 2.06. The largest absolute Gasteiger partial charge is 0.345 e. The van der Waals surface area contributed by atoms with Crippen LogP contribution in [0.2, 0.25) is 0 Å². The van der Waals surface area contributed by atoms with E-state index in [2.05, 4.69) is 75.3 Å². The van der Waals surface area contributed by atoms with Gasteiger partial charge in [-0.15, -0.1) is 0 Å². The van der Waals surface area contributed by atoms with Crippen LogP contribution in [0.25, 0.3) is 0 Å². The first-order valence-corrected chi connectivity index (χ1v) is 8.31. The molecule has 4 nitrogen and oxygen atoms in total. The van der Waals surface area contributed by atoms with Crippen molar-refractivity contribution in [1.29, 1.82) is 0 Å². The summed E-state index contributed by atoms with van der Waals surface area (Å²) in [5.74, 6) is 4.29. The van der Waals surface area contributed by atoms with Crippen molar-refractivity contribution in [3.8, 4) is 0 Å². The highest BCUT2D eigenvalue weighted by Crippen LogP contribution is 2.16. The summed E-state index contributed by atoms with van der Waals surface area (Å²) in [6, 6.07) is 0. The summed E-state index contributed by atoms with van der Waals surface area (Å²) in [7, 11) is 0. The Kier molecular flexibility index (Phi) is 11.4. The molecular formula is C20H40N4. The van der Waals surface area contributed by atoms with Crippen molar-refractivity contribution in [2.45, 2.75) is 93.9 Å². The van der Waals surface area contributed by atoms with Crippen molar-refractivity contribution < 1.29 is 0 Å². The highest BCUT2D eigenvalue weighted by atomic mass is 14.9. The van der Waals surface area contributed by atoms with Crippen molar-refractivity contribution in [3.63, 3.8) is 0 Å². The van der Waals surface area contributed by atoms with Gasteiger partial charge in [-0.05, 0) is 11.8 Å². The summed E-state index contributed by atoms with van der Waals surface area (Å²) in [6.07, 6.45) is 3.86. The molecule has 0 amide bonds. The van der Waals surface area contributed by atoms with Crippen molar-refractivity contribution >= 4 is 0 Å². The standard InChI is InChI=1S/2C9H16N2.2CH4/c2*1-6(2)8-5-10-9(11-8)7(3)4;;/h2*5-7H,1-4H3,(H,10,11);2*1H4. The lowest BCUT2D eigenvalue weighted by atomic mass is 10.1. The minimum absolute atomic E-state index is 0. The average molecular weight is 337 g/mol. The van der Waals surface area contributed by atoms with Crippen LogP contribution in [0.4, 0.5) is 0 Å². The van der Waals surface area contributed by atoms with E-state index in [0.717, 1.165) is 11.6 Å². The summed E-state index contributed by atoms with van der Waals surface area (Å²) in [5, 5.41) is 0. The van der Waals surface area contributed by atoms with Gasteiger partial charge in [0.1, 0.15) is 11.6 Å². The Morgan fingerprint density at radius 1 is 0.583 bits per heavy atom. The SMILES string of the molecule is C.C.CC(C)c1cnc(C(C)C)[nH]1.CC(C)c1cnc(C(C)C)[nH]1. The van der Waals surface area contributed by atoms with Crippen molar-refractivity contribution in [1.82, 2.24) is 19.9 Å². The van der Waals surface area contributed by atoms with Crippen LogP contribution in [0.3, 0.4) is 0 Å². The molecule has 0 aliphatic heterocycles. The molecule has 4 heteroatoms. The number of aromatic nitrogens is 4. The van der Waals surface area contributed by atoms with Crippen LogP contribution in [-0.2, 0) is 0 Å². The number of nitrogens with one attached hydrogen (secondary N) is 2. The molecule has 2 heterocycles. The Hall–Kier alpha value is -1.58. The molecule has 0 saturated carbocycles. The van der Waals surface area contributed by atoms with Gasteiger partial charge in [-0.3, -0.25) is 0 Å². The van der Waals surface area contributed by atoms with Gasteiger partial charge < -0.3 is 9.97 Å². The molecule has 2 aromatic heterocycles. The van der Waals surface area contributed by atoms with Crippen molar-refractivity contribution in [2.24, 2.45) is 0 Å². The zero-order valence-electron chi connectivity index (χ0n) is 15.4. The van der Waals surface area contributed by atoms with Gasteiger partial charge in [-0.1, -0.05) is 70.2 Å². The smallest absolute Gasteiger partial charge is 0.108 e. The molecule has 24 heavy (non-hydrogen) atoms. The summed E-state index contributed by atoms with van der Waals surface area (Å²) in [4.78, 5) is 15.2. The number of imidazole rings is 2. The van der Waals surface area contributed by atoms with Crippen molar-refractivity contribution in [2.75, 3.05) is 0 Å². The number of hydrogen-bond acceptors (Lipinski definition) is 2. The van der Waals surface area contributed by atoms with Gasteiger partial charge in [-0.25, -0.2) is 9.97 Å². The lowest BCUT2D eigenvalue weighted by molar-refractivity contribution is 0.771. The minimum Gasteiger partial charge on any atom is -0.345 e. The maximum atomic E-state index is 4.28. The molecule has 2 aromatic rings. The van der Waals surface area contributed by atoms with Crippen LogP contribution >= 0.6 is 0 Å². The molecule has 0 aromatic carbocycles. The molecule has 0 bridgehead atoms. The monoisotopic (exact) mass is 336 g/mol. The molecule has 0 spiro atoms. The number of aromatic amines is 2. The summed E-state index contributed by atoms with van der Waals surface area (Å²) >= 11 is 0. The summed E-state index contributed by atoms with van der Waals surface area (Å²) in [5.41, 5.74) is 2.46. The second-order valence-electron chi connectivity index (χ2n) is 7.07. The van der Waals surface area contributed by atoms with Crippen LogP contribution in [0, 0.1) is 0 Å². The van der Waals surface area contributed by atoms with E-state index < -0.39 is 0 Å². The molecule has 0 aliphatic rings. The fourth-order valence-electron chi connectivity index (χ4n) is 1.88. The minimum atomic E-state index is 0. The van der Waals surface area contributed by atoms with E-state index in [0.29, 0.717) is 23.7 Å². The number of rotatable bonds is 4. The van der Waals surface area contributed by atoms with E-state index in [1.807, 2.05) is 12.4 Å². The summed E-state index contributed by atoms with van der Waals surface area (Å²) < 4.78 is 0. The molecule has 2 N–H and O–H groups in total. The predicted molar refractivity (Wildman–Crippen MR) is 107 cm³/mol. The molecule has 0 unspecified atom stereocenters. The van der Waals surface area contributed by atoms with E-state index in [4.69, 9.17) is 0 Å². The van der Waals surface area contributed by atoms with Gasteiger partial charge in [0, 0.05) is 35.6 Å². The Morgan fingerprint density at radius 3 is 1.00 bits per heavy atom. The third-order valence-corrected chi connectivity index (χ3v) is 3.57. The third kappa shape index (κ3) is 7.33. The number of nitrogens with zero attached hydrogens (tertiary/aromatic N) is 2. The maximum absolute atomic E-state index is 4.28. The van der Waals surface area contributed by atoms with Crippen LogP contribution in [0.1, 0.15) is 117 Å². The van der Waals surface area contributed by atoms with Gasteiger partial charge in [0.25, 0.3) is 0 Å². The quantitative estimate of drug-likeness (QED) is 0.662. The number of hydrogen-bond donors (Lipinski definition) is 2. The normalized spacial score (nSPS) is 10.5.